The summed E-state index contributed by atoms with van der Waals surface area (Å²) in [6, 6.07) is 0. The van der Waals surface area contributed by atoms with Crippen LogP contribution in [0.5, 0.6) is 0 Å². The minimum Gasteiger partial charge on any atom is -0.462 e. The number of phosphoric acid groups is 1. The summed E-state index contributed by atoms with van der Waals surface area (Å²) in [6.07, 6.45) is 39.1. The first-order valence-electron chi connectivity index (χ1n) is 20.8. The Morgan fingerprint density at radius 2 is 0.961 bits per heavy atom. The predicted octanol–water partition coefficient (Wildman–Crippen LogP) is 11.6. The van der Waals surface area contributed by atoms with E-state index in [0.717, 1.165) is 57.8 Å². The lowest BCUT2D eigenvalue weighted by Crippen LogP contribution is -2.29. The molecule has 9 nitrogen and oxygen atoms in total. The molecule has 0 saturated carbocycles. The molecule has 0 aliphatic heterocycles. The molecule has 0 fully saturated rings. The second kappa shape index (κ2) is 38.2. The maximum atomic E-state index is 12.6. The van der Waals surface area contributed by atoms with Gasteiger partial charge in [0.15, 0.2) is 6.10 Å². The highest BCUT2D eigenvalue weighted by Gasteiger charge is 2.26. The Labute approximate surface area is 312 Å². The van der Waals surface area contributed by atoms with E-state index in [0.29, 0.717) is 6.42 Å². The lowest BCUT2D eigenvalue weighted by Gasteiger charge is -2.19. The Morgan fingerprint density at radius 3 is 1.39 bits per heavy atom. The molecule has 300 valence electrons. The average molecular weight is 744 g/mol. The van der Waals surface area contributed by atoms with Gasteiger partial charge in [-0.1, -0.05) is 141 Å². The summed E-state index contributed by atoms with van der Waals surface area (Å²) in [5.74, 6) is -0.835. The topological polar surface area (TPSA) is 134 Å². The van der Waals surface area contributed by atoms with Crippen molar-refractivity contribution in [3.05, 3.63) is 24.3 Å². The molecule has 0 heterocycles. The van der Waals surface area contributed by atoms with E-state index in [4.69, 9.17) is 24.3 Å². The molecular formula is C41H78NO8P. The zero-order chi connectivity index (χ0) is 37.5. The number of carbonyl (C=O) groups is 2. The minimum absolute atomic E-state index is 0.0530. The number of carbonyl (C=O) groups excluding carboxylic acids is 2. The van der Waals surface area contributed by atoms with Crippen LogP contribution in [0.15, 0.2) is 24.3 Å². The number of nitrogens with two attached hydrogens (primary N) is 1. The molecular weight excluding hydrogens is 665 g/mol. The predicted molar refractivity (Wildman–Crippen MR) is 211 cm³/mol. The largest absolute Gasteiger partial charge is 0.472 e. The molecule has 3 N–H and O–H groups in total. The Bertz CT molecular complexity index is 897. The number of rotatable bonds is 39. The first-order valence-corrected chi connectivity index (χ1v) is 22.3. The molecule has 0 saturated heterocycles. The van der Waals surface area contributed by atoms with Gasteiger partial charge in [-0.05, 0) is 64.2 Å². The van der Waals surface area contributed by atoms with Crippen molar-refractivity contribution in [1.29, 1.82) is 0 Å². The van der Waals surface area contributed by atoms with Crippen LogP contribution in [0.2, 0.25) is 0 Å². The molecule has 0 spiro atoms. The molecule has 0 amide bonds. The summed E-state index contributed by atoms with van der Waals surface area (Å²) in [5, 5.41) is 0. The molecule has 0 bridgehead atoms. The van der Waals surface area contributed by atoms with E-state index in [1.54, 1.807) is 0 Å². The summed E-state index contributed by atoms with van der Waals surface area (Å²) in [5.41, 5.74) is 5.34. The molecule has 2 unspecified atom stereocenters. The van der Waals surface area contributed by atoms with Gasteiger partial charge in [-0.3, -0.25) is 18.6 Å². The molecule has 0 aromatic carbocycles. The van der Waals surface area contributed by atoms with Gasteiger partial charge in [-0.25, -0.2) is 4.57 Å². The van der Waals surface area contributed by atoms with Gasteiger partial charge in [0.05, 0.1) is 13.2 Å². The third kappa shape index (κ3) is 38.0. The number of hydrogen-bond acceptors (Lipinski definition) is 8. The van der Waals surface area contributed by atoms with E-state index in [2.05, 4.69) is 38.2 Å². The Morgan fingerprint density at radius 1 is 0.569 bits per heavy atom. The van der Waals surface area contributed by atoms with Crippen molar-refractivity contribution < 1.29 is 37.6 Å². The molecule has 10 heteroatoms. The molecule has 0 aliphatic carbocycles. The fourth-order valence-corrected chi connectivity index (χ4v) is 6.45. The average Bonchev–Trinajstić information content (AvgIpc) is 3.11. The molecule has 0 aromatic rings. The van der Waals surface area contributed by atoms with Crippen molar-refractivity contribution in [2.45, 2.75) is 200 Å². The van der Waals surface area contributed by atoms with Crippen LogP contribution in [0, 0.1) is 0 Å². The monoisotopic (exact) mass is 744 g/mol. The van der Waals surface area contributed by atoms with Crippen LogP contribution in [0.3, 0.4) is 0 Å². The van der Waals surface area contributed by atoms with Crippen molar-refractivity contribution in [3.8, 4) is 0 Å². The number of phosphoric ester groups is 1. The van der Waals surface area contributed by atoms with Gasteiger partial charge < -0.3 is 20.1 Å². The van der Waals surface area contributed by atoms with E-state index >= 15 is 0 Å². The zero-order valence-corrected chi connectivity index (χ0v) is 33.7. The van der Waals surface area contributed by atoms with Gasteiger partial charge in [-0.2, -0.15) is 0 Å². The van der Waals surface area contributed by atoms with Crippen molar-refractivity contribution >= 4 is 19.8 Å². The lowest BCUT2D eigenvalue weighted by molar-refractivity contribution is -0.161. The van der Waals surface area contributed by atoms with Gasteiger partial charge in [-0.15, -0.1) is 0 Å². The van der Waals surface area contributed by atoms with Crippen LogP contribution >= 0.6 is 7.82 Å². The number of allylic oxidation sites excluding steroid dienone is 4. The number of esters is 2. The molecule has 0 aliphatic rings. The lowest BCUT2D eigenvalue weighted by atomic mass is 10.1. The minimum atomic E-state index is -4.37. The van der Waals surface area contributed by atoms with Crippen molar-refractivity contribution in [3.63, 3.8) is 0 Å². The van der Waals surface area contributed by atoms with Crippen molar-refractivity contribution in [2.75, 3.05) is 26.4 Å². The standard InChI is InChI=1S/C41H78NO8P/c1-3-5-7-9-11-13-15-17-19-21-23-25-27-29-31-33-40(43)47-37-39(38-49-51(45,46)48-36-35-42)50-41(44)34-32-30-28-26-24-22-20-18-16-14-12-10-8-6-4-2/h13-16,39H,3-12,17-38,42H2,1-2H3,(H,45,46). The Balaban J connectivity index is 4.18. The molecule has 51 heavy (non-hydrogen) atoms. The summed E-state index contributed by atoms with van der Waals surface area (Å²) in [6.45, 7) is 3.70. The van der Waals surface area contributed by atoms with Crippen molar-refractivity contribution in [2.24, 2.45) is 5.73 Å². The molecule has 0 radical (unpaired) electrons. The molecule has 0 aromatic heterocycles. The fourth-order valence-electron chi connectivity index (χ4n) is 5.68. The normalized spacial score (nSPS) is 13.6. The molecule has 2 atom stereocenters. The summed E-state index contributed by atoms with van der Waals surface area (Å²) < 4.78 is 32.7. The van der Waals surface area contributed by atoms with Crippen LogP contribution < -0.4 is 5.73 Å². The highest BCUT2D eigenvalue weighted by atomic mass is 31.2. The van der Waals surface area contributed by atoms with E-state index in [1.807, 2.05) is 0 Å². The fraction of sp³-hybridized carbons (Fsp3) is 0.854. The van der Waals surface area contributed by atoms with Crippen LogP contribution in [0.25, 0.3) is 0 Å². The van der Waals surface area contributed by atoms with Gasteiger partial charge in [0.2, 0.25) is 0 Å². The van der Waals surface area contributed by atoms with Crippen LogP contribution in [0.4, 0.5) is 0 Å². The van der Waals surface area contributed by atoms with E-state index in [-0.39, 0.29) is 38.6 Å². The zero-order valence-electron chi connectivity index (χ0n) is 32.8. The van der Waals surface area contributed by atoms with Crippen LogP contribution in [0.1, 0.15) is 194 Å². The van der Waals surface area contributed by atoms with E-state index in [1.165, 1.54) is 103 Å². The van der Waals surface area contributed by atoms with Gasteiger partial charge in [0, 0.05) is 19.4 Å². The van der Waals surface area contributed by atoms with Gasteiger partial charge >= 0.3 is 19.8 Å². The quantitative estimate of drug-likeness (QED) is 0.0273. The second-order valence-corrected chi connectivity index (χ2v) is 15.3. The second-order valence-electron chi connectivity index (χ2n) is 13.8. The third-order valence-corrected chi connectivity index (χ3v) is 9.79. The van der Waals surface area contributed by atoms with E-state index in [9.17, 15) is 19.0 Å². The highest BCUT2D eigenvalue weighted by Crippen LogP contribution is 2.43. The number of ether oxygens (including phenoxy) is 2. The smallest absolute Gasteiger partial charge is 0.462 e. The Hall–Kier alpha value is -1.51. The van der Waals surface area contributed by atoms with Crippen molar-refractivity contribution in [1.82, 2.24) is 0 Å². The first kappa shape index (κ1) is 49.5. The Kier molecular flexibility index (Phi) is 37.1. The van der Waals surface area contributed by atoms with E-state index < -0.39 is 26.5 Å². The van der Waals surface area contributed by atoms with Crippen LogP contribution in [-0.2, 0) is 32.7 Å². The summed E-state index contributed by atoms with van der Waals surface area (Å²) in [7, 11) is -4.37. The van der Waals surface area contributed by atoms with Crippen LogP contribution in [-0.4, -0.2) is 49.3 Å². The third-order valence-electron chi connectivity index (χ3n) is 8.81. The highest BCUT2D eigenvalue weighted by molar-refractivity contribution is 7.47. The maximum absolute atomic E-state index is 12.6. The maximum Gasteiger partial charge on any atom is 0.472 e. The molecule has 0 rings (SSSR count). The SMILES string of the molecule is CCCCCCC=CCCCCCCCCCC(=O)OCC(COP(=O)(O)OCCN)OC(=O)CCCCCCCCCC=CCCCCCC. The van der Waals surface area contributed by atoms with Gasteiger partial charge in [0.25, 0.3) is 0 Å². The summed E-state index contributed by atoms with van der Waals surface area (Å²) >= 11 is 0. The van der Waals surface area contributed by atoms with Gasteiger partial charge in [0.1, 0.15) is 6.61 Å². The number of hydrogen-bond donors (Lipinski definition) is 2. The number of unbranched alkanes of at least 4 members (excludes halogenated alkanes) is 22. The summed E-state index contributed by atoms with van der Waals surface area (Å²) in [4.78, 5) is 34.8. The first-order chi connectivity index (χ1) is 24.8.